The number of carbonyl (C=O) groups is 1. The molecule has 0 bridgehead atoms. The number of rotatable bonds is 6. The fourth-order valence-electron chi connectivity index (χ4n) is 4.00. The lowest BCUT2D eigenvalue weighted by Crippen LogP contribution is -2.30. The van der Waals surface area contributed by atoms with Crippen molar-refractivity contribution in [3.63, 3.8) is 0 Å². The maximum Gasteiger partial charge on any atom is 0.254 e. The molecule has 0 unspecified atom stereocenters. The van der Waals surface area contributed by atoms with Crippen LogP contribution >= 0.6 is 23.2 Å². The molecule has 1 amide bonds. The van der Waals surface area contributed by atoms with E-state index in [0.29, 0.717) is 28.4 Å². The number of H-pyrrole nitrogens is 1. The molecule has 5 aromatic rings. The van der Waals surface area contributed by atoms with Crippen LogP contribution in [-0.2, 0) is 0 Å². The zero-order chi connectivity index (χ0) is 25.4. The minimum absolute atomic E-state index is 0.126. The lowest BCUT2D eigenvalue weighted by molar-refractivity contribution is 0.0952. The molecule has 3 aromatic heterocycles. The van der Waals surface area contributed by atoms with E-state index in [1.54, 1.807) is 31.2 Å². The molecular formula is C25H20Cl2FN7O. The van der Waals surface area contributed by atoms with E-state index in [1.807, 2.05) is 19.1 Å². The molecule has 5 rings (SSSR count). The van der Waals surface area contributed by atoms with Gasteiger partial charge in [0.2, 0.25) is 0 Å². The zero-order valence-electron chi connectivity index (χ0n) is 19.3. The van der Waals surface area contributed by atoms with E-state index < -0.39 is 11.8 Å². The Morgan fingerprint density at radius 3 is 2.58 bits per heavy atom. The number of nitrogens with zero attached hydrogens (tertiary/aromatic N) is 5. The monoisotopic (exact) mass is 523 g/mol. The highest BCUT2D eigenvalue weighted by molar-refractivity contribution is 6.40. The van der Waals surface area contributed by atoms with Crippen LogP contribution in [0.4, 0.5) is 4.39 Å². The summed E-state index contributed by atoms with van der Waals surface area (Å²) in [7, 11) is 0. The van der Waals surface area contributed by atoms with Crippen LogP contribution in [0.2, 0.25) is 10.0 Å². The van der Waals surface area contributed by atoms with Crippen LogP contribution in [0, 0.1) is 19.7 Å². The highest BCUT2D eigenvalue weighted by Gasteiger charge is 2.22. The first-order valence-corrected chi connectivity index (χ1v) is 11.8. The molecule has 0 aliphatic heterocycles. The summed E-state index contributed by atoms with van der Waals surface area (Å²) in [5.74, 6) is 0.0271. The van der Waals surface area contributed by atoms with Crippen molar-refractivity contribution in [2.75, 3.05) is 6.54 Å². The number of hydrogen-bond donors (Lipinski definition) is 2. The van der Waals surface area contributed by atoms with Crippen molar-refractivity contribution in [2.45, 2.75) is 19.8 Å². The first-order valence-electron chi connectivity index (χ1n) is 11.0. The van der Waals surface area contributed by atoms with E-state index in [1.165, 1.54) is 23.1 Å². The number of amides is 1. The maximum absolute atomic E-state index is 14.1. The van der Waals surface area contributed by atoms with Crippen molar-refractivity contribution in [1.82, 2.24) is 35.0 Å². The van der Waals surface area contributed by atoms with E-state index in [0.717, 1.165) is 11.3 Å². The van der Waals surface area contributed by atoms with Gasteiger partial charge in [-0.15, -0.1) is 0 Å². The molecule has 182 valence electrons. The first-order chi connectivity index (χ1) is 17.3. The average Bonchev–Trinajstić information content (AvgIpc) is 3.43. The number of hydrogen-bond acceptors (Lipinski definition) is 5. The molecule has 3 heterocycles. The van der Waals surface area contributed by atoms with Gasteiger partial charge in [0, 0.05) is 12.5 Å². The number of halogens is 3. The molecule has 0 saturated carbocycles. The van der Waals surface area contributed by atoms with Gasteiger partial charge in [0.25, 0.3) is 5.91 Å². The number of aromatic amines is 1. The molecule has 0 fully saturated rings. The van der Waals surface area contributed by atoms with Crippen molar-refractivity contribution >= 4 is 40.3 Å². The Morgan fingerprint density at radius 1 is 1.11 bits per heavy atom. The Labute approximate surface area is 215 Å². The third-order valence-electron chi connectivity index (χ3n) is 5.69. The summed E-state index contributed by atoms with van der Waals surface area (Å²) in [4.78, 5) is 29.4. The molecular weight excluding hydrogens is 504 g/mol. The Hall–Kier alpha value is -3.82. The third kappa shape index (κ3) is 4.80. The van der Waals surface area contributed by atoms with Crippen LogP contribution in [0.25, 0.3) is 16.9 Å². The number of imidazole rings is 1. The third-order valence-corrected chi connectivity index (χ3v) is 6.28. The Morgan fingerprint density at radius 2 is 1.89 bits per heavy atom. The van der Waals surface area contributed by atoms with E-state index in [4.69, 9.17) is 23.2 Å². The smallest absolute Gasteiger partial charge is 0.254 e. The summed E-state index contributed by atoms with van der Waals surface area (Å²) in [5.41, 5.74) is 3.33. The predicted molar refractivity (Wildman–Crippen MR) is 135 cm³/mol. The number of carbonyl (C=O) groups excluding carboxylic acids is 1. The lowest BCUT2D eigenvalue weighted by atomic mass is 9.94. The second-order valence-electron chi connectivity index (χ2n) is 8.27. The fraction of sp³-hybridized carbons (Fsp3) is 0.160. The van der Waals surface area contributed by atoms with Crippen molar-refractivity contribution in [1.29, 1.82) is 0 Å². The number of aromatic nitrogens is 6. The highest BCUT2D eigenvalue weighted by atomic mass is 35.5. The summed E-state index contributed by atoms with van der Waals surface area (Å²) in [6, 6.07) is 13.1. The van der Waals surface area contributed by atoms with Crippen molar-refractivity contribution < 1.29 is 9.18 Å². The van der Waals surface area contributed by atoms with Gasteiger partial charge in [0.15, 0.2) is 5.65 Å². The van der Waals surface area contributed by atoms with Gasteiger partial charge in [-0.25, -0.2) is 24.0 Å². The van der Waals surface area contributed by atoms with Gasteiger partial charge < -0.3 is 10.3 Å². The SMILES string of the molecule is Cc1ncn(-c2cc(Cl)c(C(=O)NC[C@@H](c3cccc(F)c3)c3ccc4[nH]c(C)nc4n3)c(Cl)c2)n1. The molecule has 2 aromatic carbocycles. The van der Waals surface area contributed by atoms with Crippen LogP contribution in [-0.4, -0.2) is 42.2 Å². The van der Waals surface area contributed by atoms with Crippen LogP contribution in [0.3, 0.4) is 0 Å². The van der Waals surface area contributed by atoms with Crippen molar-refractivity contribution in [3.05, 3.63) is 99.2 Å². The second-order valence-corrected chi connectivity index (χ2v) is 9.08. The minimum atomic E-state index is -0.468. The standard InChI is InChI=1S/C25H20Cl2FN7O/c1-13-30-12-35(34-13)17-9-19(26)23(20(27)10-17)25(36)29-11-18(15-4-3-5-16(28)8-15)21-6-7-22-24(33-21)32-14(2)31-22/h3-10,12,18H,11H2,1-2H3,(H,29,36)(H,31,32,33)/t18-/m0/s1. The van der Waals surface area contributed by atoms with Gasteiger partial charge in [-0.1, -0.05) is 35.3 Å². The Bertz CT molecular complexity index is 1570. The summed E-state index contributed by atoms with van der Waals surface area (Å²) >= 11 is 12.9. The predicted octanol–water partition coefficient (Wildman–Crippen LogP) is 5.16. The molecule has 1 atom stereocenters. The summed E-state index contributed by atoms with van der Waals surface area (Å²) in [6.07, 6.45) is 1.53. The normalized spacial score (nSPS) is 12.1. The minimum Gasteiger partial charge on any atom is -0.351 e. The topological polar surface area (TPSA) is 101 Å². The Balaban J connectivity index is 1.44. The van der Waals surface area contributed by atoms with Gasteiger partial charge in [-0.3, -0.25) is 4.79 Å². The molecule has 36 heavy (non-hydrogen) atoms. The molecule has 0 aliphatic rings. The van der Waals surface area contributed by atoms with Crippen LogP contribution < -0.4 is 5.32 Å². The van der Waals surface area contributed by atoms with Gasteiger partial charge >= 0.3 is 0 Å². The molecule has 2 N–H and O–H groups in total. The average molecular weight is 524 g/mol. The summed E-state index contributed by atoms with van der Waals surface area (Å²) < 4.78 is 15.6. The quantitative estimate of drug-likeness (QED) is 0.320. The number of benzene rings is 2. The number of fused-ring (bicyclic) bond motifs is 1. The van der Waals surface area contributed by atoms with Gasteiger partial charge in [0.05, 0.1) is 32.5 Å². The molecule has 0 aliphatic carbocycles. The second kappa shape index (κ2) is 9.67. The first kappa shape index (κ1) is 23.9. The van der Waals surface area contributed by atoms with Crippen molar-refractivity contribution in [2.24, 2.45) is 0 Å². The van der Waals surface area contributed by atoms with E-state index in [2.05, 4.69) is 30.4 Å². The van der Waals surface area contributed by atoms with Gasteiger partial charge in [-0.2, -0.15) is 5.10 Å². The van der Waals surface area contributed by atoms with Crippen molar-refractivity contribution in [3.8, 4) is 5.69 Å². The lowest BCUT2D eigenvalue weighted by Gasteiger charge is -2.19. The van der Waals surface area contributed by atoms with Gasteiger partial charge in [0.1, 0.15) is 23.8 Å². The summed E-state index contributed by atoms with van der Waals surface area (Å²) in [5, 5.41) is 7.45. The molecule has 0 saturated heterocycles. The molecule has 0 spiro atoms. The molecule has 0 radical (unpaired) electrons. The number of pyridine rings is 1. The highest BCUT2D eigenvalue weighted by Crippen LogP contribution is 2.29. The van der Waals surface area contributed by atoms with Crippen LogP contribution in [0.1, 0.15) is 39.2 Å². The molecule has 11 heteroatoms. The van der Waals surface area contributed by atoms with E-state index in [-0.39, 0.29) is 28.0 Å². The number of nitrogens with one attached hydrogen (secondary N) is 2. The molecule has 8 nitrogen and oxygen atoms in total. The van der Waals surface area contributed by atoms with Crippen LogP contribution in [0.15, 0.2) is 54.9 Å². The summed E-state index contributed by atoms with van der Waals surface area (Å²) in [6.45, 7) is 3.73. The maximum atomic E-state index is 14.1. The largest absolute Gasteiger partial charge is 0.351 e. The van der Waals surface area contributed by atoms with E-state index >= 15 is 0 Å². The number of aryl methyl sites for hydroxylation is 2. The van der Waals surface area contributed by atoms with E-state index in [9.17, 15) is 9.18 Å². The van der Waals surface area contributed by atoms with Crippen LogP contribution in [0.5, 0.6) is 0 Å². The Kier molecular flexibility index (Phi) is 6.42. The zero-order valence-corrected chi connectivity index (χ0v) is 20.8. The fourth-order valence-corrected chi connectivity index (χ4v) is 4.65. The van der Waals surface area contributed by atoms with Gasteiger partial charge in [-0.05, 0) is 55.8 Å².